The molecule has 13 nitrogen and oxygen atoms in total. The van der Waals surface area contributed by atoms with E-state index in [1.807, 2.05) is 0 Å². The molecule has 3 heterocycles. The first kappa shape index (κ1) is 30.7. The number of anilines is 2. The first-order chi connectivity index (χ1) is 22.1. The number of imide groups is 1. The number of hydrogen-bond donors (Lipinski definition) is 2. The van der Waals surface area contributed by atoms with E-state index in [4.69, 9.17) is 9.47 Å². The molecule has 3 aromatic carbocycles. The molecule has 0 aliphatic carbocycles. The fourth-order valence-electron chi connectivity index (χ4n) is 5.40. The van der Waals surface area contributed by atoms with Crippen LogP contribution >= 0.6 is 23.1 Å². The van der Waals surface area contributed by atoms with E-state index in [0.29, 0.717) is 32.5 Å². The number of hydrogen-bond acceptors (Lipinski definition) is 11. The van der Waals surface area contributed by atoms with Crippen molar-refractivity contribution in [2.75, 3.05) is 23.4 Å². The number of nitro groups is 1. The summed E-state index contributed by atoms with van der Waals surface area (Å²) in [7, 11) is 0. The number of H-pyrrole nitrogens is 1. The maximum Gasteiger partial charge on any atom is 0.338 e. The minimum Gasteiger partial charge on any atom is -0.484 e. The fourth-order valence-corrected chi connectivity index (χ4v) is 7.92. The van der Waals surface area contributed by atoms with Crippen molar-refractivity contribution in [1.82, 2.24) is 4.98 Å². The summed E-state index contributed by atoms with van der Waals surface area (Å²) in [4.78, 5) is 79.0. The summed E-state index contributed by atoms with van der Waals surface area (Å²) in [5, 5.41) is 13.5. The third-order valence-corrected chi connectivity index (χ3v) is 9.81. The normalized spacial score (nSPS) is 18.5. The van der Waals surface area contributed by atoms with Gasteiger partial charge in [-0.05, 0) is 61.0 Å². The molecule has 3 atom stereocenters. The van der Waals surface area contributed by atoms with Crippen LogP contribution < -0.4 is 19.8 Å². The van der Waals surface area contributed by atoms with Gasteiger partial charge in [0.25, 0.3) is 11.6 Å². The number of non-ortho nitro benzene ring substituents is 1. The van der Waals surface area contributed by atoms with Gasteiger partial charge in [-0.2, -0.15) is 0 Å². The smallest absolute Gasteiger partial charge is 0.338 e. The SMILES string of the molecule is CCOC(=O)c1ccc(NC(=O)COc2cccc([C@H]3c4sc(=O)[nH]c4SC4C(=O)N(c5ccc([N+](=O)[O-])cc5)C(=O)C43)c2)cc1. The molecule has 2 N–H and O–H groups in total. The summed E-state index contributed by atoms with van der Waals surface area (Å²) < 4.78 is 10.7. The summed E-state index contributed by atoms with van der Waals surface area (Å²) in [6.07, 6.45) is 0. The molecule has 1 aromatic heterocycles. The molecule has 4 aromatic rings. The molecule has 3 amide bonds. The number of aromatic nitrogens is 1. The molecule has 234 valence electrons. The number of carbonyl (C=O) groups is 4. The fraction of sp³-hybridized carbons (Fsp3) is 0.194. The number of fused-ring (bicyclic) bond motifs is 2. The van der Waals surface area contributed by atoms with Crippen LogP contribution in [0.1, 0.15) is 33.6 Å². The van der Waals surface area contributed by atoms with Gasteiger partial charge in [-0.25, -0.2) is 9.69 Å². The molecule has 0 saturated carbocycles. The molecular weight excluding hydrogens is 636 g/mol. The number of esters is 1. The average Bonchev–Trinajstić information content (AvgIpc) is 3.54. The highest BCUT2D eigenvalue weighted by Crippen LogP contribution is 2.53. The summed E-state index contributed by atoms with van der Waals surface area (Å²) in [5.41, 5.74) is 1.45. The van der Waals surface area contributed by atoms with Crippen molar-refractivity contribution in [3.05, 3.63) is 109 Å². The van der Waals surface area contributed by atoms with E-state index in [2.05, 4.69) is 10.3 Å². The van der Waals surface area contributed by atoms with Gasteiger partial charge >= 0.3 is 10.8 Å². The number of amides is 3. The molecule has 46 heavy (non-hydrogen) atoms. The van der Waals surface area contributed by atoms with Crippen molar-refractivity contribution in [2.24, 2.45) is 5.92 Å². The highest BCUT2D eigenvalue weighted by Gasteiger charge is 2.56. The Hall–Kier alpha value is -5.28. The number of nitrogens with one attached hydrogen (secondary N) is 2. The molecule has 0 spiro atoms. The summed E-state index contributed by atoms with van der Waals surface area (Å²) in [5.74, 6) is -3.13. The lowest BCUT2D eigenvalue weighted by molar-refractivity contribution is -0.384. The minimum absolute atomic E-state index is 0.176. The molecule has 2 aliphatic heterocycles. The number of thiazole rings is 1. The zero-order chi connectivity index (χ0) is 32.5. The molecular formula is C31H24N4O9S2. The van der Waals surface area contributed by atoms with Gasteiger partial charge < -0.3 is 19.8 Å². The number of carbonyl (C=O) groups excluding carboxylic acids is 4. The number of thioether (sulfide) groups is 1. The Morgan fingerprint density at radius 3 is 2.46 bits per heavy atom. The maximum atomic E-state index is 13.9. The van der Waals surface area contributed by atoms with Crippen LogP contribution in [0.4, 0.5) is 17.1 Å². The van der Waals surface area contributed by atoms with Crippen LogP contribution in [-0.2, 0) is 19.1 Å². The van der Waals surface area contributed by atoms with Crippen molar-refractivity contribution in [2.45, 2.75) is 23.1 Å². The summed E-state index contributed by atoms with van der Waals surface area (Å²) >= 11 is 2.07. The predicted molar refractivity (Wildman–Crippen MR) is 168 cm³/mol. The minimum atomic E-state index is -0.872. The van der Waals surface area contributed by atoms with Crippen LogP contribution in [0.15, 0.2) is 82.6 Å². The summed E-state index contributed by atoms with van der Waals surface area (Å²) in [6.45, 7) is 1.61. The topological polar surface area (TPSA) is 178 Å². The summed E-state index contributed by atoms with van der Waals surface area (Å²) in [6, 6.07) is 18.2. The third kappa shape index (κ3) is 5.89. The average molecular weight is 661 g/mol. The maximum absolute atomic E-state index is 13.9. The van der Waals surface area contributed by atoms with Crippen LogP contribution in [0.2, 0.25) is 0 Å². The Kier molecular flexibility index (Phi) is 8.42. The van der Waals surface area contributed by atoms with E-state index in [0.717, 1.165) is 28.0 Å². The zero-order valence-corrected chi connectivity index (χ0v) is 25.6. The predicted octanol–water partition coefficient (Wildman–Crippen LogP) is 4.33. The van der Waals surface area contributed by atoms with Gasteiger partial charge in [0.15, 0.2) is 6.61 Å². The second-order valence-corrected chi connectivity index (χ2v) is 12.4. The van der Waals surface area contributed by atoms with E-state index < -0.39 is 45.7 Å². The van der Waals surface area contributed by atoms with Crippen molar-refractivity contribution in [3.63, 3.8) is 0 Å². The van der Waals surface area contributed by atoms with Gasteiger partial charge in [0.05, 0.1) is 33.7 Å². The highest BCUT2D eigenvalue weighted by molar-refractivity contribution is 8.00. The molecule has 0 bridgehead atoms. The Balaban J connectivity index is 1.22. The Morgan fingerprint density at radius 2 is 1.76 bits per heavy atom. The van der Waals surface area contributed by atoms with Crippen molar-refractivity contribution in [3.8, 4) is 5.75 Å². The Bertz CT molecular complexity index is 1920. The third-order valence-electron chi connectivity index (χ3n) is 7.41. The molecule has 1 fully saturated rings. The molecule has 2 aliphatic rings. The van der Waals surface area contributed by atoms with Crippen molar-refractivity contribution < 1.29 is 33.6 Å². The lowest BCUT2D eigenvalue weighted by atomic mass is 9.83. The molecule has 15 heteroatoms. The van der Waals surface area contributed by atoms with Crippen LogP contribution in [0.5, 0.6) is 5.75 Å². The number of rotatable bonds is 9. The monoisotopic (exact) mass is 660 g/mol. The van der Waals surface area contributed by atoms with E-state index in [1.165, 1.54) is 36.4 Å². The zero-order valence-electron chi connectivity index (χ0n) is 24.0. The van der Waals surface area contributed by atoms with E-state index in [9.17, 15) is 34.1 Å². The van der Waals surface area contributed by atoms with Crippen LogP contribution in [-0.4, -0.2) is 52.1 Å². The lowest BCUT2D eigenvalue weighted by Crippen LogP contribution is -2.32. The lowest BCUT2D eigenvalue weighted by Gasteiger charge is -2.30. The largest absolute Gasteiger partial charge is 0.484 e. The second-order valence-electron chi connectivity index (χ2n) is 10.2. The Labute approximate surface area is 268 Å². The van der Waals surface area contributed by atoms with E-state index in [-0.39, 0.29) is 29.5 Å². The first-order valence-electron chi connectivity index (χ1n) is 14.0. The molecule has 0 radical (unpaired) electrons. The van der Waals surface area contributed by atoms with Gasteiger partial charge in [0.1, 0.15) is 11.0 Å². The number of aromatic amines is 1. The quantitative estimate of drug-likeness (QED) is 0.114. The number of nitrogens with zero attached hydrogens (tertiary/aromatic N) is 2. The second kappa shape index (κ2) is 12.6. The standard InChI is InChI=1S/C31H24N4O9S2/c1-2-43-30(39)16-6-8-18(9-7-16)32-22(36)15-44-21-5-3-4-17(14-21)23-24-26(45-27-25(23)46-31(40)33-27)29(38)34(28(24)37)19-10-12-20(13-11-19)35(41)42/h3-14,23-24,26H,2,15H2,1H3,(H,32,36)(H,33,40)/t23-,24?,26?/m1/s1. The molecule has 6 rings (SSSR count). The van der Waals surface area contributed by atoms with Crippen molar-refractivity contribution >= 4 is 63.9 Å². The van der Waals surface area contributed by atoms with Crippen LogP contribution in [0, 0.1) is 16.0 Å². The number of benzene rings is 3. The molecule has 1 saturated heterocycles. The molecule has 2 unspecified atom stereocenters. The van der Waals surface area contributed by atoms with Gasteiger partial charge in [-0.3, -0.25) is 29.3 Å². The van der Waals surface area contributed by atoms with Gasteiger partial charge in [0, 0.05) is 28.6 Å². The number of ether oxygens (including phenoxy) is 2. The van der Waals surface area contributed by atoms with Crippen molar-refractivity contribution in [1.29, 1.82) is 0 Å². The highest BCUT2D eigenvalue weighted by atomic mass is 32.2. The van der Waals surface area contributed by atoms with Gasteiger partial charge in [0.2, 0.25) is 11.8 Å². The van der Waals surface area contributed by atoms with Gasteiger partial charge in [-0.1, -0.05) is 35.2 Å². The van der Waals surface area contributed by atoms with Crippen LogP contribution in [0.25, 0.3) is 0 Å². The van der Waals surface area contributed by atoms with E-state index >= 15 is 0 Å². The Morgan fingerprint density at radius 1 is 1.02 bits per heavy atom. The van der Waals surface area contributed by atoms with Crippen LogP contribution in [0.3, 0.4) is 0 Å². The van der Waals surface area contributed by atoms with Gasteiger partial charge in [-0.15, -0.1) is 0 Å². The first-order valence-corrected chi connectivity index (χ1v) is 15.7. The number of nitro benzene ring substituents is 1. The van der Waals surface area contributed by atoms with E-state index in [1.54, 1.807) is 43.3 Å².